The molecule has 1 aromatic carbocycles. The molecule has 1 N–H and O–H groups in total. The van der Waals surface area contributed by atoms with E-state index in [1.165, 1.54) is 5.56 Å². The zero-order chi connectivity index (χ0) is 12.4. The minimum absolute atomic E-state index is 0.605. The Balaban J connectivity index is 2.30. The Labute approximate surface area is 102 Å². The van der Waals surface area contributed by atoms with E-state index in [2.05, 4.69) is 24.2 Å². The average Bonchev–Trinajstić information content (AvgIpc) is 2.68. The van der Waals surface area contributed by atoms with Crippen molar-refractivity contribution in [3.63, 3.8) is 0 Å². The summed E-state index contributed by atoms with van der Waals surface area (Å²) in [4.78, 5) is 0. The summed E-state index contributed by atoms with van der Waals surface area (Å²) >= 11 is 0. The number of hydrogen-bond acceptors (Lipinski definition) is 2. The Morgan fingerprint density at radius 1 is 1.29 bits per heavy atom. The van der Waals surface area contributed by atoms with Gasteiger partial charge in [-0.1, -0.05) is 31.2 Å². The molecule has 1 unspecified atom stereocenters. The quantitative estimate of drug-likeness (QED) is 0.879. The van der Waals surface area contributed by atoms with Crippen molar-refractivity contribution in [1.82, 2.24) is 9.78 Å². The number of benzene rings is 1. The number of rotatable bonds is 3. The van der Waals surface area contributed by atoms with Crippen molar-refractivity contribution >= 4 is 0 Å². The molecular weight excluding hydrogens is 212 g/mol. The Kier molecular flexibility index (Phi) is 3.29. The second kappa shape index (κ2) is 4.72. The fourth-order valence-electron chi connectivity index (χ4n) is 1.99. The fourth-order valence-corrected chi connectivity index (χ4v) is 1.99. The van der Waals surface area contributed by atoms with Gasteiger partial charge in [-0.05, 0) is 30.5 Å². The standard InChI is InChI=1S/C14H18N2O/c1-4-11-5-7-12(8-6-11)14(17)13-9-10(2)15-16(13)3/h5-9,14,17H,4H2,1-3H3. The highest BCUT2D eigenvalue weighted by molar-refractivity contribution is 5.29. The lowest BCUT2D eigenvalue weighted by atomic mass is 10.0. The molecule has 3 nitrogen and oxygen atoms in total. The minimum Gasteiger partial charge on any atom is -0.382 e. The lowest BCUT2D eigenvalue weighted by Crippen LogP contribution is -2.06. The van der Waals surface area contributed by atoms with Crippen LogP contribution in [0.25, 0.3) is 0 Å². The van der Waals surface area contributed by atoms with Gasteiger partial charge in [0, 0.05) is 7.05 Å². The summed E-state index contributed by atoms with van der Waals surface area (Å²) in [6.45, 7) is 4.05. The van der Waals surface area contributed by atoms with Crippen LogP contribution in [0, 0.1) is 6.92 Å². The first-order valence-electron chi connectivity index (χ1n) is 5.89. The van der Waals surface area contributed by atoms with Gasteiger partial charge in [-0.15, -0.1) is 0 Å². The monoisotopic (exact) mass is 230 g/mol. The van der Waals surface area contributed by atoms with E-state index in [0.29, 0.717) is 0 Å². The lowest BCUT2D eigenvalue weighted by Gasteiger charge is -2.11. The van der Waals surface area contributed by atoms with E-state index in [0.717, 1.165) is 23.4 Å². The van der Waals surface area contributed by atoms with Gasteiger partial charge < -0.3 is 5.11 Å². The molecule has 0 fully saturated rings. The van der Waals surface area contributed by atoms with Crippen LogP contribution in [-0.4, -0.2) is 14.9 Å². The first kappa shape index (κ1) is 11.9. The summed E-state index contributed by atoms with van der Waals surface area (Å²) in [5, 5.41) is 14.5. The van der Waals surface area contributed by atoms with Crippen LogP contribution in [-0.2, 0) is 13.5 Å². The molecule has 3 heteroatoms. The Hall–Kier alpha value is -1.61. The summed E-state index contributed by atoms with van der Waals surface area (Å²) in [5.41, 5.74) is 3.94. The molecule has 2 rings (SSSR count). The van der Waals surface area contributed by atoms with E-state index in [1.54, 1.807) is 4.68 Å². The lowest BCUT2D eigenvalue weighted by molar-refractivity contribution is 0.209. The van der Waals surface area contributed by atoms with Gasteiger partial charge in [0.05, 0.1) is 11.4 Å². The summed E-state index contributed by atoms with van der Waals surface area (Å²) in [6.07, 6.45) is 0.411. The molecule has 0 aliphatic heterocycles. The normalized spacial score (nSPS) is 12.7. The number of nitrogens with zero attached hydrogens (tertiary/aromatic N) is 2. The molecule has 1 heterocycles. The molecule has 0 saturated carbocycles. The molecule has 1 aromatic heterocycles. The van der Waals surface area contributed by atoms with Crippen LogP contribution in [0.4, 0.5) is 0 Å². The van der Waals surface area contributed by atoms with Crippen LogP contribution in [0.3, 0.4) is 0 Å². The molecule has 0 saturated heterocycles. The van der Waals surface area contributed by atoms with Crippen molar-refractivity contribution in [2.75, 3.05) is 0 Å². The maximum atomic E-state index is 10.3. The molecule has 0 radical (unpaired) electrons. The summed E-state index contributed by atoms with van der Waals surface area (Å²) in [7, 11) is 1.85. The van der Waals surface area contributed by atoms with E-state index in [-0.39, 0.29) is 0 Å². The zero-order valence-electron chi connectivity index (χ0n) is 10.5. The van der Waals surface area contributed by atoms with Crippen molar-refractivity contribution in [3.05, 3.63) is 52.8 Å². The van der Waals surface area contributed by atoms with Gasteiger partial charge in [-0.3, -0.25) is 4.68 Å². The molecule has 0 bridgehead atoms. The van der Waals surface area contributed by atoms with Gasteiger partial charge in [-0.25, -0.2) is 0 Å². The molecular formula is C14H18N2O. The molecule has 0 amide bonds. The Morgan fingerprint density at radius 3 is 2.41 bits per heavy atom. The van der Waals surface area contributed by atoms with Crippen molar-refractivity contribution in [2.24, 2.45) is 7.05 Å². The Morgan fingerprint density at radius 2 is 1.94 bits per heavy atom. The highest BCUT2D eigenvalue weighted by atomic mass is 16.3. The van der Waals surface area contributed by atoms with Gasteiger partial charge in [0.2, 0.25) is 0 Å². The molecule has 2 aromatic rings. The maximum absolute atomic E-state index is 10.3. The summed E-state index contributed by atoms with van der Waals surface area (Å²) in [5.74, 6) is 0. The second-order valence-electron chi connectivity index (χ2n) is 4.33. The number of aryl methyl sites for hydroxylation is 3. The van der Waals surface area contributed by atoms with Gasteiger partial charge in [-0.2, -0.15) is 5.10 Å². The topological polar surface area (TPSA) is 38.1 Å². The molecule has 90 valence electrons. The van der Waals surface area contributed by atoms with Gasteiger partial charge >= 0.3 is 0 Å². The van der Waals surface area contributed by atoms with Gasteiger partial charge in [0.1, 0.15) is 6.10 Å². The highest BCUT2D eigenvalue weighted by Crippen LogP contribution is 2.22. The molecule has 17 heavy (non-hydrogen) atoms. The predicted molar refractivity (Wildman–Crippen MR) is 67.8 cm³/mol. The highest BCUT2D eigenvalue weighted by Gasteiger charge is 2.14. The van der Waals surface area contributed by atoms with Gasteiger partial charge in [0.15, 0.2) is 0 Å². The van der Waals surface area contributed by atoms with Crippen LogP contribution in [0.2, 0.25) is 0 Å². The van der Waals surface area contributed by atoms with E-state index >= 15 is 0 Å². The fraction of sp³-hybridized carbons (Fsp3) is 0.357. The third-order valence-corrected chi connectivity index (χ3v) is 3.02. The van der Waals surface area contributed by atoms with E-state index in [9.17, 15) is 5.11 Å². The largest absolute Gasteiger partial charge is 0.382 e. The van der Waals surface area contributed by atoms with Crippen LogP contribution in [0.5, 0.6) is 0 Å². The summed E-state index contributed by atoms with van der Waals surface area (Å²) in [6, 6.07) is 9.99. The number of aliphatic hydroxyl groups excluding tert-OH is 1. The maximum Gasteiger partial charge on any atom is 0.121 e. The van der Waals surface area contributed by atoms with Crippen molar-refractivity contribution < 1.29 is 5.11 Å². The number of aliphatic hydroxyl groups is 1. The SMILES string of the molecule is CCc1ccc(C(O)c2cc(C)nn2C)cc1. The third kappa shape index (κ3) is 2.39. The average molecular weight is 230 g/mol. The first-order valence-corrected chi connectivity index (χ1v) is 5.89. The zero-order valence-corrected chi connectivity index (χ0v) is 10.5. The minimum atomic E-state index is -0.605. The molecule has 0 aliphatic carbocycles. The van der Waals surface area contributed by atoms with Crippen LogP contribution in [0.15, 0.2) is 30.3 Å². The van der Waals surface area contributed by atoms with Crippen molar-refractivity contribution in [2.45, 2.75) is 26.4 Å². The van der Waals surface area contributed by atoms with E-state index in [1.807, 2.05) is 32.2 Å². The van der Waals surface area contributed by atoms with E-state index < -0.39 is 6.10 Å². The predicted octanol–water partition coefficient (Wildman–Crippen LogP) is 2.37. The van der Waals surface area contributed by atoms with Crippen molar-refractivity contribution in [3.8, 4) is 0 Å². The van der Waals surface area contributed by atoms with Crippen molar-refractivity contribution in [1.29, 1.82) is 0 Å². The van der Waals surface area contributed by atoms with Crippen LogP contribution in [0.1, 0.15) is 35.5 Å². The first-order chi connectivity index (χ1) is 8.11. The van der Waals surface area contributed by atoms with Gasteiger partial charge in [0.25, 0.3) is 0 Å². The van der Waals surface area contributed by atoms with Crippen LogP contribution < -0.4 is 0 Å². The molecule has 1 atom stereocenters. The molecule has 0 spiro atoms. The van der Waals surface area contributed by atoms with E-state index in [4.69, 9.17) is 0 Å². The molecule has 0 aliphatic rings. The number of aromatic nitrogens is 2. The smallest absolute Gasteiger partial charge is 0.121 e. The third-order valence-electron chi connectivity index (χ3n) is 3.02. The Bertz CT molecular complexity index is 499. The summed E-state index contributed by atoms with van der Waals surface area (Å²) < 4.78 is 1.73. The second-order valence-corrected chi connectivity index (χ2v) is 4.33. The van der Waals surface area contributed by atoms with Crippen LogP contribution >= 0.6 is 0 Å². The number of hydrogen-bond donors (Lipinski definition) is 1.